The Balaban J connectivity index is 1.06. The summed E-state index contributed by atoms with van der Waals surface area (Å²) in [6.07, 6.45) is 14.2. The molecule has 4 aromatic rings. The fourth-order valence-electron chi connectivity index (χ4n) is 9.74. The number of β-amino-alcohol motifs (C(OH)–C–C–N with tert-alkyl or cyclic N) is 1. The van der Waals surface area contributed by atoms with Gasteiger partial charge in [-0.25, -0.2) is 4.79 Å². The first-order valence-electron chi connectivity index (χ1n) is 21.0. The molecule has 0 radical (unpaired) electrons. The quantitative estimate of drug-likeness (QED) is 0.0871. The highest BCUT2D eigenvalue weighted by Gasteiger charge is 2.45. The van der Waals surface area contributed by atoms with E-state index >= 15 is 0 Å². The highest BCUT2D eigenvalue weighted by Crippen LogP contribution is 2.51. The number of allylic oxidation sites excluding steroid dienone is 8. The molecule has 0 aromatic heterocycles. The Bertz CT molecular complexity index is 2520. The average Bonchev–Trinajstić information content (AvgIpc) is 3.74. The van der Waals surface area contributed by atoms with Crippen molar-refractivity contribution in [1.29, 1.82) is 0 Å². The minimum Gasteiger partial charge on any atom is -0.390 e. The molecule has 4 aromatic carbocycles. The minimum atomic E-state index is -0.557. The summed E-state index contributed by atoms with van der Waals surface area (Å²) in [7, 11) is 0. The van der Waals surface area contributed by atoms with Crippen LogP contribution in [0.1, 0.15) is 96.6 Å². The van der Waals surface area contributed by atoms with Crippen molar-refractivity contribution in [2.75, 3.05) is 24.6 Å². The number of aliphatic hydroxyl groups is 1. The van der Waals surface area contributed by atoms with Gasteiger partial charge in [0.25, 0.3) is 11.8 Å². The van der Waals surface area contributed by atoms with E-state index in [4.69, 9.17) is 16.4 Å². The highest BCUT2D eigenvalue weighted by atomic mass is 35.5. The Hall–Kier alpha value is -5.31. The Morgan fingerprint density at radius 3 is 2.19 bits per heavy atom. The molecular weight excluding hydrogens is 758 g/mol. The molecule has 8 nitrogen and oxygen atoms in total. The minimum absolute atomic E-state index is 0.0531. The number of aliphatic hydroxyl groups excluding tert-OH is 1. The summed E-state index contributed by atoms with van der Waals surface area (Å²) in [5, 5.41) is 16.5. The van der Waals surface area contributed by atoms with Gasteiger partial charge < -0.3 is 14.8 Å². The van der Waals surface area contributed by atoms with Crippen molar-refractivity contribution in [3.8, 4) is 0 Å². The van der Waals surface area contributed by atoms with Crippen LogP contribution in [0.15, 0.2) is 119 Å². The second kappa shape index (κ2) is 16.4. The number of anilines is 1. The van der Waals surface area contributed by atoms with Crippen LogP contribution in [-0.4, -0.2) is 57.9 Å². The number of benzene rings is 4. The van der Waals surface area contributed by atoms with Crippen LogP contribution >= 0.6 is 11.6 Å². The topological polar surface area (TPSA) is 90.2 Å². The van der Waals surface area contributed by atoms with Gasteiger partial charge in [0.15, 0.2) is 12.3 Å². The van der Waals surface area contributed by atoms with Gasteiger partial charge in [-0.05, 0) is 102 Å². The Morgan fingerprint density at radius 1 is 0.797 bits per heavy atom. The standard InChI is InChI=1S/C50H53ClN3O5/c1-49(2)41(52(39-24-20-33-13-7-9-17-37(33)46(39)49)30-11-5-6-19-45(58)59-54-43(56)28-29-44(54)57)26-22-35-15-12-16-36(48(35)51)23-27-42-50(3,4)47-38-18-10-8-14-34(38)21-25-40(47)53(42)31-32-55/h7-10,13-14,17-18,20-27,55H,5-6,11-12,15-16,19,28-32H2,1-4H3/q+1. The smallest absolute Gasteiger partial charge is 0.333 e. The number of carbonyl (C=O) groups is 3. The second-order valence-corrected chi connectivity index (χ2v) is 17.5. The summed E-state index contributed by atoms with van der Waals surface area (Å²) in [5.41, 5.74) is 8.93. The maximum atomic E-state index is 12.5. The van der Waals surface area contributed by atoms with Crippen LogP contribution in [0.2, 0.25) is 0 Å². The number of nitrogens with zero attached hydrogens (tertiary/aromatic N) is 3. The molecule has 1 aliphatic carbocycles. The lowest BCUT2D eigenvalue weighted by Gasteiger charge is -2.27. The van der Waals surface area contributed by atoms with Crippen LogP contribution in [0.25, 0.3) is 21.5 Å². The van der Waals surface area contributed by atoms with Crippen LogP contribution in [0.5, 0.6) is 0 Å². The molecule has 1 N–H and O–H groups in total. The molecule has 59 heavy (non-hydrogen) atoms. The lowest BCUT2D eigenvalue weighted by atomic mass is 9.78. The third-order valence-electron chi connectivity index (χ3n) is 12.6. The zero-order valence-electron chi connectivity index (χ0n) is 34.5. The van der Waals surface area contributed by atoms with Gasteiger partial charge in [-0.2, -0.15) is 4.58 Å². The summed E-state index contributed by atoms with van der Waals surface area (Å²) < 4.78 is 2.26. The molecule has 0 saturated carbocycles. The van der Waals surface area contributed by atoms with Crippen molar-refractivity contribution in [3.63, 3.8) is 0 Å². The molecule has 3 aliphatic heterocycles. The van der Waals surface area contributed by atoms with E-state index in [0.29, 0.717) is 18.0 Å². The van der Waals surface area contributed by atoms with Crippen molar-refractivity contribution >= 4 is 68.0 Å². The van der Waals surface area contributed by atoms with Crippen molar-refractivity contribution in [2.45, 2.75) is 96.3 Å². The second-order valence-electron chi connectivity index (χ2n) is 17.1. The van der Waals surface area contributed by atoms with Crippen molar-refractivity contribution in [1.82, 2.24) is 5.06 Å². The molecule has 0 unspecified atom stereocenters. The monoisotopic (exact) mass is 810 g/mol. The number of hydroxylamine groups is 2. The molecule has 8 rings (SSSR count). The molecular formula is C50H53ClN3O5+. The highest BCUT2D eigenvalue weighted by molar-refractivity contribution is 6.32. The van der Waals surface area contributed by atoms with Gasteiger partial charge in [0.05, 0.1) is 5.41 Å². The molecule has 4 aliphatic rings. The number of fused-ring (bicyclic) bond motifs is 6. The maximum absolute atomic E-state index is 12.5. The average molecular weight is 811 g/mol. The van der Waals surface area contributed by atoms with E-state index in [1.807, 2.05) is 0 Å². The van der Waals surface area contributed by atoms with Gasteiger partial charge in [-0.1, -0.05) is 98.6 Å². The van der Waals surface area contributed by atoms with Gasteiger partial charge in [-0.15, -0.1) is 5.06 Å². The van der Waals surface area contributed by atoms with Gasteiger partial charge in [0.1, 0.15) is 6.61 Å². The summed E-state index contributed by atoms with van der Waals surface area (Å²) in [5.74, 6) is -1.48. The zero-order chi connectivity index (χ0) is 41.5. The van der Waals surface area contributed by atoms with Crippen LogP contribution in [0, 0.1) is 0 Å². The number of imide groups is 1. The normalized spacial score (nSPS) is 20.0. The van der Waals surface area contributed by atoms with Crippen LogP contribution < -0.4 is 4.90 Å². The Morgan fingerprint density at radius 2 is 1.47 bits per heavy atom. The van der Waals surface area contributed by atoms with E-state index in [0.717, 1.165) is 66.2 Å². The van der Waals surface area contributed by atoms with Crippen LogP contribution in [0.3, 0.4) is 0 Å². The fraction of sp³-hybridized carbons (Fsp3) is 0.360. The lowest BCUT2D eigenvalue weighted by Crippen LogP contribution is -2.32. The number of hydrogen-bond acceptors (Lipinski definition) is 6. The lowest BCUT2D eigenvalue weighted by molar-refractivity contribution is -0.440. The Labute approximate surface area is 351 Å². The van der Waals surface area contributed by atoms with E-state index in [1.165, 1.54) is 44.1 Å². The van der Waals surface area contributed by atoms with Crippen molar-refractivity contribution < 1.29 is 28.9 Å². The molecule has 0 atom stereocenters. The molecule has 9 heteroatoms. The van der Waals surface area contributed by atoms with E-state index < -0.39 is 17.8 Å². The fourth-order valence-corrected chi connectivity index (χ4v) is 10.1. The van der Waals surface area contributed by atoms with Crippen LogP contribution in [-0.2, 0) is 30.1 Å². The predicted octanol–water partition coefficient (Wildman–Crippen LogP) is 10.4. The molecule has 304 valence electrons. The summed E-state index contributed by atoms with van der Waals surface area (Å²) in [4.78, 5) is 43.7. The van der Waals surface area contributed by atoms with E-state index in [2.05, 4.69) is 134 Å². The number of halogens is 1. The van der Waals surface area contributed by atoms with Crippen molar-refractivity contribution in [2.24, 2.45) is 0 Å². The predicted molar refractivity (Wildman–Crippen MR) is 236 cm³/mol. The number of carbonyl (C=O) groups excluding carboxylic acids is 3. The van der Waals surface area contributed by atoms with E-state index in [9.17, 15) is 19.5 Å². The molecule has 3 heterocycles. The maximum Gasteiger partial charge on any atom is 0.333 e. The first kappa shape index (κ1) is 40.5. The summed E-state index contributed by atoms with van der Waals surface area (Å²) in [6, 6.07) is 25.9. The van der Waals surface area contributed by atoms with Gasteiger partial charge in [0, 0.05) is 65.3 Å². The van der Waals surface area contributed by atoms with E-state index in [-0.39, 0.29) is 36.7 Å². The first-order valence-corrected chi connectivity index (χ1v) is 21.4. The number of hydrogen-bond donors (Lipinski definition) is 1. The molecule has 1 fully saturated rings. The van der Waals surface area contributed by atoms with Gasteiger partial charge in [0.2, 0.25) is 5.69 Å². The largest absolute Gasteiger partial charge is 0.390 e. The van der Waals surface area contributed by atoms with E-state index in [1.54, 1.807) is 0 Å². The third-order valence-corrected chi connectivity index (χ3v) is 13.1. The molecule has 2 amide bonds. The third kappa shape index (κ3) is 7.46. The first-order chi connectivity index (χ1) is 28.4. The van der Waals surface area contributed by atoms with Gasteiger partial charge in [-0.3, -0.25) is 9.59 Å². The summed E-state index contributed by atoms with van der Waals surface area (Å²) >= 11 is 7.32. The SMILES string of the molecule is CC1(C)C(/C=C/C2=C(Cl)C(=C/C=C3\N(CCCCCC(=O)ON4C(=O)CCC4=O)c4ccc5ccccc5c4C3(C)C)/CCC2)=[N+](CCO)c2ccc3ccccc3c21. The molecule has 0 spiro atoms. The number of unbranched alkanes of at least 4 members (excludes halogenated alkanes) is 2. The number of amides is 2. The Kier molecular flexibility index (Phi) is 11.2. The zero-order valence-corrected chi connectivity index (χ0v) is 35.3. The van der Waals surface area contributed by atoms with Gasteiger partial charge >= 0.3 is 5.97 Å². The van der Waals surface area contributed by atoms with Crippen LogP contribution in [0.4, 0.5) is 11.4 Å². The molecule has 1 saturated heterocycles. The van der Waals surface area contributed by atoms with Crippen molar-refractivity contribution in [3.05, 3.63) is 130 Å². The summed E-state index contributed by atoms with van der Waals surface area (Å²) in [6.45, 7) is 10.5. The number of rotatable bonds is 12. The molecule has 0 bridgehead atoms.